The lowest BCUT2D eigenvalue weighted by Crippen LogP contribution is -2.38. The van der Waals surface area contributed by atoms with Crippen LogP contribution in [0.15, 0.2) is 34.9 Å². The van der Waals surface area contributed by atoms with Crippen LogP contribution >= 0.6 is 15.9 Å². The van der Waals surface area contributed by atoms with Gasteiger partial charge >= 0.3 is 0 Å². The van der Waals surface area contributed by atoms with Crippen LogP contribution in [0.1, 0.15) is 31.0 Å². The number of amides is 1. The van der Waals surface area contributed by atoms with E-state index in [4.69, 9.17) is 0 Å². The number of halogens is 1. The number of benzene rings is 1. The van der Waals surface area contributed by atoms with E-state index in [9.17, 15) is 4.79 Å². The number of nitrogens with zero attached hydrogens (tertiary/aromatic N) is 2. The summed E-state index contributed by atoms with van der Waals surface area (Å²) in [7, 11) is 0. The van der Waals surface area contributed by atoms with E-state index in [1.807, 2.05) is 18.3 Å². The average molecular weight is 346 g/mol. The van der Waals surface area contributed by atoms with Crippen molar-refractivity contribution in [2.75, 3.05) is 6.54 Å². The van der Waals surface area contributed by atoms with Gasteiger partial charge in [-0.15, -0.1) is 0 Å². The number of nitrogens with one attached hydrogen (secondary N) is 1. The lowest BCUT2D eigenvalue weighted by Gasteiger charge is -2.31. The Hall–Kier alpha value is -1.46. The second-order valence-electron chi connectivity index (χ2n) is 5.70. The van der Waals surface area contributed by atoms with Gasteiger partial charge < -0.3 is 5.32 Å². The SMILES string of the molecule is O=C1NC(c2ccc(Br)c3cccnc23)N2CCCCC12. The van der Waals surface area contributed by atoms with Crippen molar-refractivity contribution in [1.29, 1.82) is 0 Å². The summed E-state index contributed by atoms with van der Waals surface area (Å²) in [5, 5.41) is 4.24. The molecule has 1 amide bonds. The fourth-order valence-electron chi connectivity index (χ4n) is 3.50. The van der Waals surface area contributed by atoms with Gasteiger partial charge in [-0.05, 0) is 25.0 Å². The van der Waals surface area contributed by atoms with Crippen LogP contribution in [0.3, 0.4) is 0 Å². The van der Waals surface area contributed by atoms with Gasteiger partial charge in [0.15, 0.2) is 0 Å². The van der Waals surface area contributed by atoms with Crippen LogP contribution in [0.4, 0.5) is 0 Å². The normalized spacial score (nSPS) is 25.9. The molecule has 0 aliphatic carbocycles. The molecule has 4 nitrogen and oxygen atoms in total. The average Bonchev–Trinajstić information content (AvgIpc) is 2.86. The fraction of sp³-hybridized carbons (Fsp3) is 0.375. The zero-order chi connectivity index (χ0) is 14.4. The molecule has 0 spiro atoms. The van der Waals surface area contributed by atoms with Gasteiger partial charge in [0.05, 0.1) is 11.6 Å². The molecule has 4 rings (SSSR count). The number of carbonyl (C=O) groups is 1. The second-order valence-corrected chi connectivity index (χ2v) is 6.55. The summed E-state index contributed by atoms with van der Waals surface area (Å²) in [6.07, 6.45) is 5.02. The number of piperidine rings is 1. The van der Waals surface area contributed by atoms with Crippen molar-refractivity contribution in [1.82, 2.24) is 15.2 Å². The quantitative estimate of drug-likeness (QED) is 0.864. The zero-order valence-corrected chi connectivity index (χ0v) is 13.1. The predicted molar refractivity (Wildman–Crippen MR) is 84.7 cm³/mol. The molecule has 2 fully saturated rings. The molecule has 2 aliphatic rings. The third kappa shape index (κ3) is 2.07. The zero-order valence-electron chi connectivity index (χ0n) is 11.6. The van der Waals surface area contributed by atoms with Crippen molar-refractivity contribution in [2.45, 2.75) is 31.5 Å². The molecule has 5 heteroatoms. The number of carbonyl (C=O) groups excluding carboxylic acids is 1. The fourth-order valence-corrected chi connectivity index (χ4v) is 3.95. The van der Waals surface area contributed by atoms with E-state index >= 15 is 0 Å². The third-order valence-electron chi connectivity index (χ3n) is 4.50. The Morgan fingerprint density at radius 3 is 3.10 bits per heavy atom. The molecule has 0 bridgehead atoms. The summed E-state index contributed by atoms with van der Waals surface area (Å²) in [4.78, 5) is 19.0. The molecule has 2 aromatic rings. The molecule has 2 aliphatic heterocycles. The topological polar surface area (TPSA) is 45.2 Å². The van der Waals surface area contributed by atoms with Gasteiger partial charge in [-0.1, -0.05) is 34.5 Å². The molecule has 1 aromatic heterocycles. The molecule has 1 N–H and O–H groups in total. The molecule has 0 saturated carbocycles. The monoisotopic (exact) mass is 345 g/mol. The first-order chi connectivity index (χ1) is 10.3. The minimum absolute atomic E-state index is 0.0335. The van der Waals surface area contributed by atoms with Crippen molar-refractivity contribution in [3.05, 3.63) is 40.5 Å². The van der Waals surface area contributed by atoms with Gasteiger partial charge in [0, 0.05) is 28.2 Å². The van der Waals surface area contributed by atoms with Gasteiger partial charge in [0.1, 0.15) is 6.17 Å². The minimum Gasteiger partial charge on any atom is -0.335 e. The van der Waals surface area contributed by atoms with E-state index in [0.29, 0.717) is 0 Å². The van der Waals surface area contributed by atoms with Crippen molar-refractivity contribution in [3.63, 3.8) is 0 Å². The van der Waals surface area contributed by atoms with E-state index < -0.39 is 0 Å². The predicted octanol–water partition coefficient (Wildman–Crippen LogP) is 2.98. The Morgan fingerprint density at radius 2 is 2.19 bits per heavy atom. The van der Waals surface area contributed by atoms with E-state index in [1.54, 1.807) is 0 Å². The number of rotatable bonds is 1. The minimum atomic E-state index is -0.0479. The molecule has 21 heavy (non-hydrogen) atoms. The lowest BCUT2D eigenvalue weighted by molar-refractivity contribution is -0.122. The maximum Gasteiger partial charge on any atom is 0.238 e. The molecule has 2 atom stereocenters. The van der Waals surface area contributed by atoms with Crippen molar-refractivity contribution in [3.8, 4) is 0 Å². The number of hydrogen-bond donors (Lipinski definition) is 1. The molecule has 2 saturated heterocycles. The first kappa shape index (κ1) is 13.2. The molecular weight excluding hydrogens is 330 g/mol. The smallest absolute Gasteiger partial charge is 0.238 e. The Balaban J connectivity index is 1.83. The summed E-state index contributed by atoms with van der Waals surface area (Å²) >= 11 is 3.58. The second kappa shape index (κ2) is 5.07. The van der Waals surface area contributed by atoms with Crippen LogP contribution in [0.25, 0.3) is 10.9 Å². The summed E-state index contributed by atoms with van der Waals surface area (Å²) < 4.78 is 1.04. The van der Waals surface area contributed by atoms with Crippen molar-refractivity contribution < 1.29 is 4.79 Å². The molecule has 2 unspecified atom stereocenters. The third-order valence-corrected chi connectivity index (χ3v) is 5.19. The van der Waals surface area contributed by atoms with Gasteiger partial charge in [-0.25, -0.2) is 0 Å². The van der Waals surface area contributed by atoms with Crippen LogP contribution in [-0.4, -0.2) is 28.4 Å². The van der Waals surface area contributed by atoms with Crippen molar-refractivity contribution in [2.24, 2.45) is 0 Å². The maximum absolute atomic E-state index is 12.2. The number of aromatic nitrogens is 1. The number of pyridine rings is 1. The van der Waals surface area contributed by atoms with Gasteiger partial charge in [-0.2, -0.15) is 0 Å². The van der Waals surface area contributed by atoms with Crippen LogP contribution in [0.5, 0.6) is 0 Å². The largest absolute Gasteiger partial charge is 0.335 e. The standard InChI is InChI=1S/C16H16BrN3O/c17-12-7-6-11(14-10(12)4-3-8-18-14)15-19-16(21)13-5-1-2-9-20(13)15/h3-4,6-8,13,15H,1-2,5,9H2,(H,19,21). The van der Waals surface area contributed by atoms with E-state index in [1.165, 1.54) is 0 Å². The first-order valence-electron chi connectivity index (χ1n) is 7.35. The maximum atomic E-state index is 12.2. The van der Waals surface area contributed by atoms with E-state index in [2.05, 4.69) is 43.3 Å². The molecule has 108 valence electrons. The molecular formula is C16H16BrN3O. The highest BCUT2D eigenvalue weighted by Crippen LogP contribution is 2.36. The lowest BCUT2D eigenvalue weighted by atomic mass is 10.0. The molecule has 1 aromatic carbocycles. The van der Waals surface area contributed by atoms with Gasteiger partial charge in [-0.3, -0.25) is 14.7 Å². The Labute approximate surface area is 131 Å². The van der Waals surface area contributed by atoms with Crippen LogP contribution in [0, 0.1) is 0 Å². The van der Waals surface area contributed by atoms with Crippen molar-refractivity contribution >= 4 is 32.7 Å². The Kier molecular flexibility index (Phi) is 3.19. The van der Waals surface area contributed by atoms with E-state index in [0.717, 1.165) is 46.7 Å². The summed E-state index contributed by atoms with van der Waals surface area (Å²) in [6, 6.07) is 8.14. The first-order valence-corrected chi connectivity index (χ1v) is 8.14. The van der Waals surface area contributed by atoms with Crippen LogP contribution < -0.4 is 5.32 Å². The van der Waals surface area contributed by atoms with Gasteiger partial charge in [0.2, 0.25) is 5.91 Å². The van der Waals surface area contributed by atoms with Crippen LogP contribution in [0.2, 0.25) is 0 Å². The highest BCUT2D eigenvalue weighted by atomic mass is 79.9. The highest BCUT2D eigenvalue weighted by Gasteiger charge is 2.42. The Morgan fingerprint density at radius 1 is 1.29 bits per heavy atom. The molecule has 3 heterocycles. The molecule has 0 radical (unpaired) electrons. The highest BCUT2D eigenvalue weighted by molar-refractivity contribution is 9.10. The number of hydrogen-bond acceptors (Lipinski definition) is 3. The summed E-state index contributed by atoms with van der Waals surface area (Å²) in [5.41, 5.74) is 2.05. The Bertz CT molecular complexity index is 718. The van der Waals surface area contributed by atoms with Gasteiger partial charge in [0.25, 0.3) is 0 Å². The summed E-state index contributed by atoms with van der Waals surface area (Å²) in [6.45, 7) is 0.971. The summed E-state index contributed by atoms with van der Waals surface area (Å²) in [5.74, 6) is 0.159. The number of fused-ring (bicyclic) bond motifs is 2. The van der Waals surface area contributed by atoms with E-state index in [-0.39, 0.29) is 18.1 Å². The van der Waals surface area contributed by atoms with Crippen LogP contribution in [-0.2, 0) is 4.79 Å².